The summed E-state index contributed by atoms with van der Waals surface area (Å²) in [6.07, 6.45) is 0.864. The molecule has 1 aromatic rings. The monoisotopic (exact) mass is 267 g/mol. The Morgan fingerprint density at radius 3 is 2.53 bits per heavy atom. The third-order valence-corrected chi connectivity index (χ3v) is 3.08. The van der Waals surface area contributed by atoms with Crippen LogP contribution in [-0.4, -0.2) is 32.5 Å². The molecule has 4 nitrogen and oxygen atoms in total. The Balaban J connectivity index is 2.17. The van der Waals surface area contributed by atoms with Gasteiger partial charge in [-0.1, -0.05) is 18.2 Å². The minimum absolute atomic E-state index is 0.132. The average molecular weight is 267 g/mol. The maximum atomic E-state index is 5.65. The molecule has 0 aliphatic heterocycles. The maximum Gasteiger partial charge on any atom is 0.123 e. The minimum Gasteiger partial charge on any atom is -0.491 e. The van der Waals surface area contributed by atoms with Gasteiger partial charge in [0.05, 0.1) is 12.2 Å². The van der Waals surface area contributed by atoms with Gasteiger partial charge in [-0.25, -0.2) is 0 Å². The summed E-state index contributed by atoms with van der Waals surface area (Å²) in [5, 5.41) is 0. The van der Waals surface area contributed by atoms with Crippen LogP contribution in [0.15, 0.2) is 24.3 Å². The van der Waals surface area contributed by atoms with Gasteiger partial charge in [-0.3, -0.25) is 0 Å². The molecular weight excluding hydrogens is 242 g/mol. The zero-order valence-corrected chi connectivity index (χ0v) is 12.1. The summed E-state index contributed by atoms with van der Waals surface area (Å²) in [7, 11) is 1.72. The van der Waals surface area contributed by atoms with Gasteiger partial charge in [0.25, 0.3) is 0 Å². The van der Waals surface area contributed by atoms with E-state index in [-0.39, 0.29) is 5.60 Å². The largest absolute Gasteiger partial charge is 0.491 e. The van der Waals surface area contributed by atoms with Gasteiger partial charge in [0.15, 0.2) is 0 Å². The molecule has 0 atom stereocenters. The Labute approximate surface area is 115 Å². The van der Waals surface area contributed by atoms with Crippen LogP contribution in [0.4, 0.5) is 0 Å². The van der Waals surface area contributed by atoms with Crippen LogP contribution in [-0.2, 0) is 16.0 Å². The van der Waals surface area contributed by atoms with Crippen LogP contribution in [0.1, 0.15) is 25.8 Å². The quantitative estimate of drug-likeness (QED) is 0.698. The summed E-state index contributed by atoms with van der Waals surface area (Å²) in [4.78, 5) is 0. The number of benzene rings is 1. The fraction of sp³-hybridized carbons (Fsp3) is 0.600. The van der Waals surface area contributed by atoms with Gasteiger partial charge < -0.3 is 19.9 Å². The Hall–Kier alpha value is -1.10. The molecule has 1 aromatic carbocycles. The summed E-state index contributed by atoms with van der Waals surface area (Å²) < 4.78 is 16.5. The SMILES string of the molecule is COC(C)(C)CCOCCOc1ccccc1CN. The van der Waals surface area contributed by atoms with Gasteiger partial charge in [0, 0.05) is 25.8 Å². The molecule has 0 amide bonds. The van der Waals surface area contributed by atoms with E-state index in [1.807, 2.05) is 38.1 Å². The van der Waals surface area contributed by atoms with Crippen molar-refractivity contribution in [2.24, 2.45) is 5.73 Å². The maximum absolute atomic E-state index is 5.65. The average Bonchev–Trinajstić information content (AvgIpc) is 2.43. The predicted molar refractivity (Wildman–Crippen MR) is 76.4 cm³/mol. The Morgan fingerprint density at radius 2 is 1.84 bits per heavy atom. The standard InChI is InChI=1S/C15H25NO3/c1-15(2,17-3)8-9-18-10-11-19-14-7-5-4-6-13(14)12-16/h4-7H,8-12,16H2,1-3H3. The van der Waals surface area contributed by atoms with Crippen LogP contribution < -0.4 is 10.5 Å². The number of hydrogen-bond acceptors (Lipinski definition) is 4. The van der Waals surface area contributed by atoms with Crippen molar-refractivity contribution in [3.63, 3.8) is 0 Å². The second-order valence-electron chi connectivity index (χ2n) is 4.99. The highest BCUT2D eigenvalue weighted by atomic mass is 16.5. The molecule has 0 heterocycles. The van der Waals surface area contributed by atoms with E-state index in [0.717, 1.165) is 17.7 Å². The van der Waals surface area contributed by atoms with Crippen molar-refractivity contribution in [3.8, 4) is 5.75 Å². The fourth-order valence-electron chi connectivity index (χ4n) is 1.55. The van der Waals surface area contributed by atoms with E-state index in [0.29, 0.717) is 26.4 Å². The molecule has 108 valence electrons. The van der Waals surface area contributed by atoms with Gasteiger partial charge in [0.2, 0.25) is 0 Å². The lowest BCUT2D eigenvalue weighted by molar-refractivity contribution is -0.0128. The van der Waals surface area contributed by atoms with Crippen LogP contribution in [0.3, 0.4) is 0 Å². The zero-order valence-electron chi connectivity index (χ0n) is 12.1. The van der Waals surface area contributed by atoms with Gasteiger partial charge >= 0.3 is 0 Å². The summed E-state index contributed by atoms with van der Waals surface area (Å²) in [5.41, 5.74) is 6.53. The third-order valence-electron chi connectivity index (χ3n) is 3.08. The summed E-state index contributed by atoms with van der Waals surface area (Å²) >= 11 is 0. The Morgan fingerprint density at radius 1 is 1.11 bits per heavy atom. The molecule has 0 saturated carbocycles. The van der Waals surface area contributed by atoms with Crippen LogP contribution in [0.5, 0.6) is 5.75 Å². The number of ether oxygens (including phenoxy) is 3. The highest BCUT2D eigenvalue weighted by Gasteiger charge is 2.15. The van der Waals surface area contributed by atoms with Crippen molar-refractivity contribution in [1.82, 2.24) is 0 Å². The zero-order chi connectivity index (χ0) is 14.1. The molecule has 0 aliphatic rings. The van der Waals surface area contributed by atoms with Crippen LogP contribution in [0, 0.1) is 0 Å². The van der Waals surface area contributed by atoms with Crippen LogP contribution >= 0.6 is 0 Å². The first kappa shape index (κ1) is 16.0. The van der Waals surface area contributed by atoms with Crippen molar-refractivity contribution >= 4 is 0 Å². The summed E-state index contributed by atoms with van der Waals surface area (Å²) in [5.74, 6) is 0.839. The summed E-state index contributed by atoms with van der Waals surface area (Å²) in [6.45, 7) is 6.35. The second kappa shape index (κ2) is 8.15. The number of para-hydroxylation sites is 1. The molecule has 0 unspecified atom stereocenters. The highest BCUT2D eigenvalue weighted by Crippen LogP contribution is 2.17. The summed E-state index contributed by atoms with van der Waals surface area (Å²) in [6, 6.07) is 7.79. The van der Waals surface area contributed by atoms with Crippen molar-refractivity contribution < 1.29 is 14.2 Å². The smallest absolute Gasteiger partial charge is 0.123 e. The lowest BCUT2D eigenvalue weighted by Crippen LogP contribution is -2.25. The Bertz CT molecular complexity index is 366. The third kappa shape index (κ3) is 6.05. The van der Waals surface area contributed by atoms with Gasteiger partial charge in [-0.05, 0) is 26.3 Å². The molecule has 0 radical (unpaired) electrons. The van der Waals surface area contributed by atoms with E-state index in [9.17, 15) is 0 Å². The molecule has 0 aliphatic carbocycles. The van der Waals surface area contributed by atoms with Gasteiger partial charge in [-0.2, -0.15) is 0 Å². The van der Waals surface area contributed by atoms with Crippen molar-refractivity contribution in [2.45, 2.75) is 32.4 Å². The molecule has 1 rings (SSSR count). The normalized spacial score (nSPS) is 11.6. The van der Waals surface area contributed by atoms with E-state index in [2.05, 4.69) is 0 Å². The van der Waals surface area contributed by atoms with Crippen molar-refractivity contribution in [2.75, 3.05) is 26.9 Å². The molecule has 0 bridgehead atoms. The van der Waals surface area contributed by atoms with E-state index >= 15 is 0 Å². The molecule has 0 aromatic heterocycles. The molecule has 0 saturated heterocycles. The predicted octanol–water partition coefficient (Wildman–Crippen LogP) is 2.36. The van der Waals surface area contributed by atoms with E-state index in [4.69, 9.17) is 19.9 Å². The molecule has 0 fully saturated rings. The lowest BCUT2D eigenvalue weighted by atomic mass is 10.1. The topological polar surface area (TPSA) is 53.7 Å². The van der Waals surface area contributed by atoms with E-state index < -0.39 is 0 Å². The number of rotatable bonds is 9. The lowest BCUT2D eigenvalue weighted by Gasteiger charge is -2.22. The fourth-order valence-corrected chi connectivity index (χ4v) is 1.55. The molecule has 0 spiro atoms. The first-order valence-corrected chi connectivity index (χ1v) is 6.63. The van der Waals surface area contributed by atoms with Crippen molar-refractivity contribution in [3.05, 3.63) is 29.8 Å². The van der Waals surface area contributed by atoms with Crippen molar-refractivity contribution in [1.29, 1.82) is 0 Å². The van der Waals surface area contributed by atoms with Gasteiger partial charge in [-0.15, -0.1) is 0 Å². The highest BCUT2D eigenvalue weighted by molar-refractivity contribution is 5.32. The molecular formula is C15H25NO3. The first-order valence-electron chi connectivity index (χ1n) is 6.63. The van der Waals surface area contributed by atoms with Gasteiger partial charge in [0.1, 0.15) is 12.4 Å². The molecule has 4 heteroatoms. The number of methoxy groups -OCH3 is 1. The van der Waals surface area contributed by atoms with Crippen LogP contribution in [0.2, 0.25) is 0 Å². The minimum atomic E-state index is -0.132. The first-order chi connectivity index (χ1) is 9.09. The molecule has 2 N–H and O–H groups in total. The van der Waals surface area contributed by atoms with E-state index in [1.165, 1.54) is 0 Å². The number of nitrogens with two attached hydrogens (primary N) is 1. The second-order valence-corrected chi connectivity index (χ2v) is 4.99. The van der Waals surface area contributed by atoms with Crippen LogP contribution in [0.25, 0.3) is 0 Å². The Kier molecular flexibility index (Phi) is 6.84. The van der Waals surface area contributed by atoms with E-state index in [1.54, 1.807) is 7.11 Å². The number of hydrogen-bond donors (Lipinski definition) is 1. The molecule has 19 heavy (non-hydrogen) atoms.